The van der Waals surface area contributed by atoms with Crippen LogP contribution >= 0.6 is 0 Å². The highest BCUT2D eigenvalue weighted by Gasteiger charge is 2.43. The molecule has 70 valence electrons. The maximum atomic E-state index is 2.54. The van der Waals surface area contributed by atoms with Crippen molar-refractivity contribution in [1.29, 1.82) is 0 Å². The first-order chi connectivity index (χ1) is 5.76. The van der Waals surface area contributed by atoms with E-state index in [0.717, 1.165) is 17.3 Å². The SMILES string of the molecule is CCC1(C)CCCCC2CCC21. The van der Waals surface area contributed by atoms with Crippen molar-refractivity contribution in [3.8, 4) is 0 Å². The normalized spacial score (nSPS) is 47.5. The second-order valence-corrected chi connectivity index (χ2v) is 5.20. The monoisotopic (exact) mass is 166 g/mol. The van der Waals surface area contributed by atoms with Gasteiger partial charge in [0.25, 0.3) is 0 Å². The van der Waals surface area contributed by atoms with Gasteiger partial charge in [-0.05, 0) is 36.5 Å². The van der Waals surface area contributed by atoms with Crippen LogP contribution in [0.4, 0.5) is 0 Å². The zero-order valence-electron chi connectivity index (χ0n) is 8.60. The van der Waals surface area contributed by atoms with E-state index in [1.807, 2.05) is 0 Å². The minimum Gasteiger partial charge on any atom is -0.0649 e. The molecule has 3 atom stereocenters. The summed E-state index contributed by atoms with van der Waals surface area (Å²) in [6.45, 7) is 4.93. The lowest BCUT2D eigenvalue weighted by Gasteiger charge is -2.47. The standard InChI is InChI=1S/C12H22/c1-3-12(2)9-5-4-6-10-7-8-11(10)12/h10-11H,3-9H2,1-2H3. The summed E-state index contributed by atoms with van der Waals surface area (Å²) in [6, 6.07) is 0. The molecule has 2 fully saturated rings. The van der Waals surface area contributed by atoms with E-state index in [1.54, 1.807) is 12.8 Å². The molecule has 2 saturated carbocycles. The Hall–Kier alpha value is 0. The molecule has 0 radical (unpaired) electrons. The van der Waals surface area contributed by atoms with Crippen LogP contribution in [-0.2, 0) is 0 Å². The van der Waals surface area contributed by atoms with Crippen LogP contribution in [0.1, 0.15) is 58.8 Å². The lowest BCUT2D eigenvalue weighted by Crippen LogP contribution is -2.38. The zero-order valence-corrected chi connectivity index (χ0v) is 8.60. The van der Waals surface area contributed by atoms with Crippen molar-refractivity contribution in [3.05, 3.63) is 0 Å². The van der Waals surface area contributed by atoms with Crippen molar-refractivity contribution in [2.45, 2.75) is 58.8 Å². The summed E-state index contributed by atoms with van der Waals surface area (Å²) in [5.74, 6) is 2.22. The van der Waals surface area contributed by atoms with Crippen LogP contribution < -0.4 is 0 Å². The van der Waals surface area contributed by atoms with Crippen molar-refractivity contribution in [1.82, 2.24) is 0 Å². The van der Waals surface area contributed by atoms with Crippen LogP contribution in [0.5, 0.6) is 0 Å². The van der Waals surface area contributed by atoms with Crippen LogP contribution in [0.3, 0.4) is 0 Å². The Morgan fingerprint density at radius 2 is 2.00 bits per heavy atom. The Morgan fingerprint density at radius 3 is 2.58 bits per heavy atom. The molecule has 0 nitrogen and oxygen atoms in total. The summed E-state index contributed by atoms with van der Waals surface area (Å²) < 4.78 is 0. The van der Waals surface area contributed by atoms with Gasteiger partial charge in [0.1, 0.15) is 0 Å². The van der Waals surface area contributed by atoms with Crippen LogP contribution in [0.15, 0.2) is 0 Å². The molecular weight excluding hydrogens is 144 g/mol. The summed E-state index contributed by atoms with van der Waals surface area (Å²) in [6.07, 6.45) is 10.5. The highest BCUT2D eigenvalue weighted by molar-refractivity contribution is 4.94. The Morgan fingerprint density at radius 1 is 1.17 bits per heavy atom. The summed E-state index contributed by atoms with van der Waals surface area (Å²) in [7, 11) is 0. The van der Waals surface area contributed by atoms with Gasteiger partial charge in [-0.25, -0.2) is 0 Å². The van der Waals surface area contributed by atoms with Crippen LogP contribution in [0.2, 0.25) is 0 Å². The lowest BCUT2D eigenvalue weighted by atomic mass is 9.58. The van der Waals surface area contributed by atoms with E-state index in [4.69, 9.17) is 0 Å². The van der Waals surface area contributed by atoms with Crippen molar-refractivity contribution in [2.24, 2.45) is 17.3 Å². The molecule has 2 rings (SSSR count). The molecule has 2 aliphatic carbocycles. The fraction of sp³-hybridized carbons (Fsp3) is 1.00. The average molecular weight is 166 g/mol. The number of hydrogen-bond acceptors (Lipinski definition) is 0. The lowest BCUT2D eigenvalue weighted by molar-refractivity contribution is 0.0304. The minimum absolute atomic E-state index is 0.722. The van der Waals surface area contributed by atoms with Gasteiger partial charge in [-0.2, -0.15) is 0 Å². The molecule has 12 heavy (non-hydrogen) atoms. The Bertz CT molecular complexity index is 161. The van der Waals surface area contributed by atoms with Gasteiger partial charge >= 0.3 is 0 Å². The molecule has 0 saturated heterocycles. The third-order valence-corrected chi connectivity index (χ3v) is 4.69. The van der Waals surface area contributed by atoms with E-state index < -0.39 is 0 Å². The molecule has 2 aliphatic rings. The van der Waals surface area contributed by atoms with Crippen molar-refractivity contribution >= 4 is 0 Å². The van der Waals surface area contributed by atoms with E-state index in [2.05, 4.69) is 13.8 Å². The highest BCUT2D eigenvalue weighted by atomic mass is 14.5. The third-order valence-electron chi connectivity index (χ3n) is 4.69. The molecule has 3 unspecified atom stereocenters. The molecule has 0 amide bonds. The first kappa shape index (κ1) is 8.59. The molecule has 0 heteroatoms. The summed E-state index contributed by atoms with van der Waals surface area (Å²) >= 11 is 0. The van der Waals surface area contributed by atoms with E-state index in [9.17, 15) is 0 Å². The van der Waals surface area contributed by atoms with Gasteiger partial charge < -0.3 is 0 Å². The highest BCUT2D eigenvalue weighted by Crippen LogP contribution is 2.54. The molecule has 0 bridgehead atoms. The van der Waals surface area contributed by atoms with Crippen LogP contribution in [0.25, 0.3) is 0 Å². The van der Waals surface area contributed by atoms with Gasteiger partial charge in [0, 0.05) is 0 Å². The predicted octanol–water partition coefficient (Wildman–Crippen LogP) is 4.00. The van der Waals surface area contributed by atoms with Gasteiger partial charge in [-0.1, -0.05) is 39.5 Å². The van der Waals surface area contributed by atoms with Crippen molar-refractivity contribution < 1.29 is 0 Å². The summed E-state index contributed by atoms with van der Waals surface area (Å²) in [5.41, 5.74) is 0.722. The molecule has 0 aromatic heterocycles. The fourth-order valence-electron chi connectivity index (χ4n) is 3.39. The van der Waals surface area contributed by atoms with Gasteiger partial charge in [0.15, 0.2) is 0 Å². The van der Waals surface area contributed by atoms with Gasteiger partial charge in [0.2, 0.25) is 0 Å². The first-order valence-corrected chi connectivity index (χ1v) is 5.76. The fourth-order valence-corrected chi connectivity index (χ4v) is 3.39. The molecular formula is C12H22. The molecule has 0 aromatic carbocycles. The molecule has 0 spiro atoms. The largest absolute Gasteiger partial charge is 0.0649 e. The maximum Gasteiger partial charge on any atom is -0.0298 e. The maximum absolute atomic E-state index is 2.54. The molecule has 0 aromatic rings. The second kappa shape index (κ2) is 3.05. The van der Waals surface area contributed by atoms with E-state index in [1.165, 1.54) is 32.1 Å². The van der Waals surface area contributed by atoms with Crippen LogP contribution in [0, 0.1) is 17.3 Å². The van der Waals surface area contributed by atoms with Gasteiger partial charge in [-0.15, -0.1) is 0 Å². The summed E-state index contributed by atoms with van der Waals surface area (Å²) in [5, 5.41) is 0. The van der Waals surface area contributed by atoms with E-state index in [-0.39, 0.29) is 0 Å². The first-order valence-electron chi connectivity index (χ1n) is 5.76. The average Bonchev–Trinajstić information content (AvgIpc) is 2.10. The Kier molecular flexibility index (Phi) is 2.18. The quantitative estimate of drug-likeness (QED) is 0.552. The van der Waals surface area contributed by atoms with Crippen molar-refractivity contribution in [2.75, 3.05) is 0 Å². The smallest absolute Gasteiger partial charge is 0.0298 e. The van der Waals surface area contributed by atoms with Crippen LogP contribution in [-0.4, -0.2) is 0 Å². The number of fused-ring (bicyclic) bond motifs is 1. The van der Waals surface area contributed by atoms with E-state index in [0.29, 0.717) is 0 Å². The zero-order chi connectivity index (χ0) is 8.60. The molecule has 0 N–H and O–H groups in total. The Labute approximate surface area is 76.7 Å². The molecule has 0 aliphatic heterocycles. The van der Waals surface area contributed by atoms with Crippen molar-refractivity contribution in [3.63, 3.8) is 0 Å². The summed E-state index contributed by atoms with van der Waals surface area (Å²) in [4.78, 5) is 0. The number of rotatable bonds is 1. The second-order valence-electron chi connectivity index (χ2n) is 5.20. The molecule has 0 heterocycles. The number of hydrogen-bond donors (Lipinski definition) is 0. The topological polar surface area (TPSA) is 0 Å². The Balaban J connectivity index is 2.10. The third kappa shape index (κ3) is 1.20. The van der Waals surface area contributed by atoms with Gasteiger partial charge in [-0.3, -0.25) is 0 Å². The van der Waals surface area contributed by atoms with Gasteiger partial charge in [0.05, 0.1) is 0 Å². The predicted molar refractivity (Wildman–Crippen MR) is 53.1 cm³/mol. The minimum atomic E-state index is 0.722. The van der Waals surface area contributed by atoms with E-state index >= 15 is 0 Å².